The van der Waals surface area contributed by atoms with Gasteiger partial charge in [0.1, 0.15) is 0 Å². The molecule has 17 heavy (non-hydrogen) atoms. The average Bonchev–Trinajstić information content (AvgIpc) is 2.73. The van der Waals surface area contributed by atoms with Crippen LogP contribution in [0.1, 0.15) is 79.6 Å². The van der Waals surface area contributed by atoms with E-state index in [1.165, 1.54) is 44.9 Å². The second-order valence-corrected chi connectivity index (χ2v) is 6.51. The van der Waals surface area contributed by atoms with Crippen molar-refractivity contribution < 1.29 is 0 Å². The monoisotopic (exact) mass is 236 g/mol. The standard InChI is InChI=1S/C17H32/c1-6-15(13-17(5,7-2)8-3)12-16-10-9-14(4)11-16/h13-14,16H,6-12H2,1-5H3/b15-13+. The first-order valence-electron chi connectivity index (χ1n) is 7.73. The Morgan fingerprint density at radius 1 is 1.18 bits per heavy atom. The first-order chi connectivity index (χ1) is 8.03. The van der Waals surface area contributed by atoms with Gasteiger partial charge in [0, 0.05) is 0 Å². The summed E-state index contributed by atoms with van der Waals surface area (Å²) in [6.07, 6.45) is 12.2. The molecule has 0 aromatic heterocycles. The van der Waals surface area contributed by atoms with E-state index in [1.54, 1.807) is 5.57 Å². The van der Waals surface area contributed by atoms with Gasteiger partial charge in [0.05, 0.1) is 0 Å². The third-order valence-electron chi connectivity index (χ3n) is 4.98. The summed E-state index contributed by atoms with van der Waals surface area (Å²) in [5.74, 6) is 1.95. The van der Waals surface area contributed by atoms with Gasteiger partial charge in [0.15, 0.2) is 0 Å². The van der Waals surface area contributed by atoms with E-state index in [1.807, 2.05) is 0 Å². The predicted molar refractivity (Wildman–Crippen MR) is 78.2 cm³/mol. The highest BCUT2D eigenvalue weighted by Crippen LogP contribution is 2.37. The van der Waals surface area contributed by atoms with Gasteiger partial charge in [-0.15, -0.1) is 0 Å². The van der Waals surface area contributed by atoms with Crippen molar-refractivity contribution in [1.29, 1.82) is 0 Å². The number of hydrogen-bond acceptors (Lipinski definition) is 0. The molecule has 1 rings (SSSR count). The Morgan fingerprint density at radius 3 is 2.24 bits per heavy atom. The molecule has 0 saturated heterocycles. The Kier molecular flexibility index (Phi) is 5.76. The van der Waals surface area contributed by atoms with Crippen LogP contribution in [0, 0.1) is 17.3 Å². The smallest absolute Gasteiger partial charge is 0.0149 e. The van der Waals surface area contributed by atoms with Crippen molar-refractivity contribution in [2.24, 2.45) is 17.3 Å². The summed E-state index contributed by atoms with van der Waals surface area (Å²) in [6.45, 7) is 11.8. The van der Waals surface area contributed by atoms with Crippen LogP contribution in [0.4, 0.5) is 0 Å². The topological polar surface area (TPSA) is 0 Å². The van der Waals surface area contributed by atoms with E-state index in [-0.39, 0.29) is 0 Å². The molecular formula is C17H32. The van der Waals surface area contributed by atoms with E-state index in [9.17, 15) is 0 Å². The van der Waals surface area contributed by atoms with E-state index in [4.69, 9.17) is 0 Å². The zero-order chi connectivity index (χ0) is 12.9. The molecule has 0 spiro atoms. The molecule has 0 aromatic rings. The molecule has 0 amide bonds. The van der Waals surface area contributed by atoms with E-state index >= 15 is 0 Å². The van der Waals surface area contributed by atoms with Crippen molar-refractivity contribution in [3.63, 3.8) is 0 Å². The van der Waals surface area contributed by atoms with Gasteiger partial charge in [0.2, 0.25) is 0 Å². The van der Waals surface area contributed by atoms with E-state index in [0.29, 0.717) is 5.41 Å². The molecule has 1 saturated carbocycles. The van der Waals surface area contributed by atoms with Gasteiger partial charge in [-0.3, -0.25) is 0 Å². The molecule has 2 unspecified atom stereocenters. The van der Waals surface area contributed by atoms with Gasteiger partial charge < -0.3 is 0 Å². The lowest BCUT2D eigenvalue weighted by Crippen LogP contribution is -2.11. The highest BCUT2D eigenvalue weighted by molar-refractivity contribution is 5.09. The normalized spacial score (nSPS) is 26.5. The third kappa shape index (κ3) is 4.48. The van der Waals surface area contributed by atoms with E-state index < -0.39 is 0 Å². The molecule has 100 valence electrons. The van der Waals surface area contributed by atoms with Crippen molar-refractivity contribution in [2.75, 3.05) is 0 Å². The summed E-state index contributed by atoms with van der Waals surface area (Å²) in [5.41, 5.74) is 2.16. The van der Waals surface area contributed by atoms with Gasteiger partial charge in [-0.1, -0.05) is 52.7 Å². The second-order valence-electron chi connectivity index (χ2n) is 6.51. The van der Waals surface area contributed by atoms with Crippen LogP contribution >= 0.6 is 0 Å². The van der Waals surface area contributed by atoms with Gasteiger partial charge in [-0.05, 0) is 55.8 Å². The van der Waals surface area contributed by atoms with Crippen LogP contribution in [-0.4, -0.2) is 0 Å². The minimum atomic E-state index is 0.440. The van der Waals surface area contributed by atoms with Crippen LogP contribution in [-0.2, 0) is 0 Å². The van der Waals surface area contributed by atoms with Gasteiger partial charge in [-0.2, -0.15) is 0 Å². The predicted octanol–water partition coefficient (Wildman–Crippen LogP) is 5.98. The van der Waals surface area contributed by atoms with Crippen LogP contribution in [0.2, 0.25) is 0 Å². The van der Waals surface area contributed by atoms with Crippen LogP contribution in [0.15, 0.2) is 11.6 Å². The van der Waals surface area contributed by atoms with Crippen molar-refractivity contribution in [3.8, 4) is 0 Å². The maximum Gasteiger partial charge on any atom is -0.0149 e. The van der Waals surface area contributed by atoms with Crippen LogP contribution in [0.25, 0.3) is 0 Å². The molecule has 1 aliphatic carbocycles. The Bertz CT molecular complexity index is 245. The van der Waals surface area contributed by atoms with Crippen molar-refractivity contribution in [3.05, 3.63) is 11.6 Å². The van der Waals surface area contributed by atoms with Crippen LogP contribution in [0.3, 0.4) is 0 Å². The third-order valence-corrected chi connectivity index (χ3v) is 4.98. The van der Waals surface area contributed by atoms with Gasteiger partial charge in [0.25, 0.3) is 0 Å². The lowest BCUT2D eigenvalue weighted by atomic mass is 9.81. The Labute approximate surface area is 109 Å². The number of hydrogen-bond donors (Lipinski definition) is 0. The van der Waals surface area contributed by atoms with Gasteiger partial charge >= 0.3 is 0 Å². The van der Waals surface area contributed by atoms with Gasteiger partial charge in [-0.25, -0.2) is 0 Å². The Balaban J connectivity index is 2.61. The summed E-state index contributed by atoms with van der Waals surface area (Å²) in [4.78, 5) is 0. The second kappa shape index (κ2) is 6.61. The van der Waals surface area contributed by atoms with E-state index in [0.717, 1.165) is 11.8 Å². The molecule has 2 atom stereocenters. The lowest BCUT2D eigenvalue weighted by Gasteiger charge is -2.25. The molecule has 0 aliphatic heterocycles. The Hall–Kier alpha value is -0.260. The lowest BCUT2D eigenvalue weighted by molar-refractivity contribution is 0.388. The van der Waals surface area contributed by atoms with Crippen molar-refractivity contribution >= 4 is 0 Å². The number of rotatable bonds is 6. The van der Waals surface area contributed by atoms with Crippen molar-refractivity contribution in [2.45, 2.75) is 79.6 Å². The summed E-state index contributed by atoms with van der Waals surface area (Å²) >= 11 is 0. The minimum absolute atomic E-state index is 0.440. The van der Waals surface area contributed by atoms with Crippen LogP contribution < -0.4 is 0 Å². The molecule has 0 heterocycles. The quantitative estimate of drug-likeness (QED) is 0.498. The largest absolute Gasteiger partial charge is 0.0794 e. The average molecular weight is 236 g/mol. The summed E-state index contributed by atoms with van der Waals surface area (Å²) in [5, 5.41) is 0. The molecule has 1 fully saturated rings. The minimum Gasteiger partial charge on any atom is -0.0794 e. The fraction of sp³-hybridized carbons (Fsp3) is 0.882. The molecule has 0 radical (unpaired) electrons. The van der Waals surface area contributed by atoms with Crippen LogP contribution in [0.5, 0.6) is 0 Å². The summed E-state index contributed by atoms with van der Waals surface area (Å²) in [6, 6.07) is 0. The first-order valence-corrected chi connectivity index (χ1v) is 7.73. The molecule has 0 nitrogen and oxygen atoms in total. The maximum absolute atomic E-state index is 2.61. The van der Waals surface area contributed by atoms with Crippen molar-refractivity contribution in [1.82, 2.24) is 0 Å². The summed E-state index contributed by atoms with van der Waals surface area (Å²) < 4.78 is 0. The molecule has 1 aliphatic rings. The molecule has 0 heteroatoms. The maximum atomic E-state index is 2.61. The van der Waals surface area contributed by atoms with E-state index in [2.05, 4.69) is 40.7 Å². The number of allylic oxidation sites excluding steroid dienone is 2. The molecule has 0 bridgehead atoms. The molecular weight excluding hydrogens is 204 g/mol. The SMILES string of the molecule is CC/C(=C\C(C)(CC)CC)CC1CCC(C)C1. The first kappa shape index (κ1) is 14.8. The highest BCUT2D eigenvalue weighted by atomic mass is 14.3. The highest BCUT2D eigenvalue weighted by Gasteiger charge is 2.23. The molecule has 0 N–H and O–H groups in total. The zero-order valence-corrected chi connectivity index (χ0v) is 12.7. The summed E-state index contributed by atoms with van der Waals surface area (Å²) in [7, 11) is 0. The fourth-order valence-electron chi connectivity index (χ4n) is 3.13. The zero-order valence-electron chi connectivity index (χ0n) is 12.7. The molecule has 0 aromatic carbocycles. The fourth-order valence-corrected chi connectivity index (χ4v) is 3.13. The Morgan fingerprint density at radius 2 is 1.82 bits per heavy atom.